The predicted octanol–water partition coefficient (Wildman–Crippen LogP) is 5.34. The number of hydrogen-bond acceptors (Lipinski definition) is 0. The summed E-state index contributed by atoms with van der Waals surface area (Å²) in [5.41, 5.74) is 2.71. The molecule has 0 saturated carbocycles. The van der Waals surface area contributed by atoms with Crippen molar-refractivity contribution >= 4 is 0 Å². The summed E-state index contributed by atoms with van der Waals surface area (Å²) in [5.74, 6) is 0.485. The Morgan fingerprint density at radius 3 is 2.12 bits per heavy atom. The molecular formula is C16H24Os. The Kier molecular flexibility index (Phi) is 13.0. The molecule has 1 aromatic rings. The number of rotatable bonds is 3. The van der Waals surface area contributed by atoms with Crippen LogP contribution in [0, 0.1) is 0 Å². The number of hydrogen-bond donors (Lipinski definition) is 0. The molecule has 0 bridgehead atoms. The first kappa shape index (κ1) is 18.7. The molecule has 0 radical (unpaired) electrons. The molecule has 1 heteroatoms. The molecule has 1 rings (SSSR count). The van der Waals surface area contributed by atoms with Crippen molar-refractivity contribution in [1.29, 1.82) is 0 Å². The zero-order chi connectivity index (χ0) is 12.4. The maximum absolute atomic E-state index is 3.70. The normalized spacial score (nSPS) is 11.6. The van der Waals surface area contributed by atoms with E-state index in [1.54, 1.807) is 0 Å². The summed E-state index contributed by atoms with van der Waals surface area (Å²) < 4.78 is 0. The fraction of sp³-hybridized carbons (Fsp3) is 0.375. The van der Waals surface area contributed by atoms with E-state index in [4.69, 9.17) is 0 Å². The fourth-order valence-electron chi connectivity index (χ4n) is 1.33. The summed E-state index contributed by atoms with van der Waals surface area (Å²) in [5, 5.41) is 0. The molecule has 0 amide bonds. The first-order valence-corrected chi connectivity index (χ1v) is 6.01. The first-order chi connectivity index (χ1) is 7.67. The second-order valence-electron chi connectivity index (χ2n) is 3.99. The predicted molar refractivity (Wildman–Crippen MR) is 74.8 cm³/mol. The van der Waals surface area contributed by atoms with E-state index in [2.05, 4.69) is 64.6 Å². The third-order valence-electron chi connectivity index (χ3n) is 2.36. The second kappa shape index (κ2) is 11.8. The summed E-state index contributed by atoms with van der Waals surface area (Å²) >= 11 is 0. The van der Waals surface area contributed by atoms with Crippen LogP contribution in [0.3, 0.4) is 0 Å². The van der Waals surface area contributed by atoms with E-state index >= 15 is 0 Å². The second-order valence-corrected chi connectivity index (χ2v) is 3.99. The van der Waals surface area contributed by atoms with Crippen LogP contribution in [-0.4, -0.2) is 0 Å². The van der Waals surface area contributed by atoms with Gasteiger partial charge in [-0.15, -0.1) is 0 Å². The van der Waals surface area contributed by atoms with E-state index in [-0.39, 0.29) is 19.8 Å². The monoisotopic (exact) mass is 408 g/mol. The van der Waals surface area contributed by atoms with Crippen molar-refractivity contribution in [2.24, 2.45) is 0 Å². The molecule has 0 nitrogen and oxygen atoms in total. The summed E-state index contributed by atoms with van der Waals surface area (Å²) in [6.45, 7) is 12.3. The summed E-state index contributed by atoms with van der Waals surface area (Å²) in [4.78, 5) is 0. The molecule has 0 aliphatic carbocycles. The van der Waals surface area contributed by atoms with Crippen LogP contribution >= 0.6 is 0 Å². The Balaban J connectivity index is 0. The zero-order valence-corrected chi connectivity index (χ0v) is 13.9. The summed E-state index contributed by atoms with van der Waals surface area (Å²) in [7, 11) is 0. The van der Waals surface area contributed by atoms with Gasteiger partial charge in [0.05, 0.1) is 0 Å². The van der Waals surface area contributed by atoms with Crippen LogP contribution in [0.1, 0.15) is 45.6 Å². The van der Waals surface area contributed by atoms with Crippen molar-refractivity contribution in [1.82, 2.24) is 0 Å². The molecule has 1 atom stereocenters. The van der Waals surface area contributed by atoms with Gasteiger partial charge in [0.15, 0.2) is 0 Å². The van der Waals surface area contributed by atoms with E-state index in [0.29, 0.717) is 5.92 Å². The van der Waals surface area contributed by atoms with Gasteiger partial charge in [-0.3, -0.25) is 0 Å². The van der Waals surface area contributed by atoms with Crippen LogP contribution in [0.2, 0.25) is 0 Å². The molecule has 0 N–H and O–H groups in total. The molecule has 96 valence electrons. The molecule has 0 heterocycles. The molecule has 17 heavy (non-hydrogen) atoms. The van der Waals surface area contributed by atoms with E-state index in [1.165, 1.54) is 17.6 Å². The average molecular weight is 407 g/mol. The molecule has 0 saturated heterocycles. The van der Waals surface area contributed by atoms with Crippen LogP contribution in [0.5, 0.6) is 0 Å². The Morgan fingerprint density at radius 1 is 1.24 bits per heavy atom. The first-order valence-electron chi connectivity index (χ1n) is 6.01. The van der Waals surface area contributed by atoms with E-state index in [9.17, 15) is 0 Å². The van der Waals surface area contributed by atoms with Crippen LogP contribution in [-0.2, 0) is 19.8 Å². The van der Waals surface area contributed by atoms with E-state index < -0.39 is 0 Å². The number of allylic oxidation sites excluding steroid dienone is 3. The van der Waals surface area contributed by atoms with Crippen LogP contribution in [0.4, 0.5) is 0 Å². The number of benzene rings is 1. The SMILES string of the molecule is C=C/C=C(\C)C(C)c1ccccc1.CCC.[Os]. The molecule has 0 spiro atoms. The topological polar surface area (TPSA) is 0 Å². The van der Waals surface area contributed by atoms with Crippen molar-refractivity contribution in [2.45, 2.75) is 40.0 Å². The van der Waals surface area contributed by atoms with E-state index in [1.807, 2.05) is 12.1 Å². The fourth-order valence-corrected chi connectivity index (χ4v) is 1.33. The van der Waals surface area contributed by atoms with Gasteiger partial charge in [-0.05, 0) is 12.5 Å². The van der Waals surface area contributed by atoms with Crippen molar-refractivity contribution < 1.29 is 19.8 Å². The quantitative estimate of drug-likeness (QED) is 0.595. The van der Waals surface area contributed by atoms with Gasteiger partial charge in [-0.1, -0.05) is 81.8 Å². The summed E-state index contributed by atoms with van der Waals surface area (Å²) in [6.07, 6.45) is 5.16. The minimum absolute atomic E-state index is 0. The molecule has 0 aliphatic rings. The maximum Gasteiger partial charge on any atom is 0.00201 e. The third kappa shape index (κ3) is 8.11. The van der Waals surface area contributed by atoms with Gasteiger partial charge in [0.2, 0.25) is 0 Å². The van der Waals surface area contributed by atoms with Crippen LogP contribution < -0.4 is 0 Å². The van der Waals surface area contributed by atoms with Crippen molar-refractivity contribution in [3.8, 4) is 0 Å². The van der Waals surface area contributed by atoms with Crippen LogP contribution in [0.25, 0.3) is 0 Å². The van der Waals surface area contributed by atoms with Gasteiger partial charge in [0.1, 0.15) is 0 Å². The molecule has 1 aromatic carbocycles. The Morgan fingerprint density at radius 2 is 1.71 bits per heavy atom. The van der Waals surface area contributed by atoms with Gasteiger partial charge in [0, 0.05) is 25.7 Å². The molecule has 0 aromatic heterocycles. The van der Waals surface area contributed by atoms with Crippen molar-refractivity contribution in [3.63, 3.8) is 0 Å². The maximum atomic E-state index is 3.70. The standard InChI is InChI=1S/C13H16.C3H8.Os/c1-4-8-11(2)12(3)13-9-6-5-7-10-13;1-3-2;/h4-10,12H,1H2,2-3H3;3H2,1-2H3;/b11-8+;;. The minimum Gasteiger partial charge on any atom is -0.0991 e. The average Bonchev–Trinajstić information content (AvgIpc) is 2.30. The van der Waals surface area contributed by atoms with Gasteiger partial charge >= 0.3 is 0 Å². The minimum atomic E-state index is 0. The Labute approximate surface area is 120 Å². The van der Waals surface area contributed by atoms with Crippen molar-refractivity contribution in [3.05, 3.63) is 60.2 Å². The summed E-state index contributed by atoms with van der Waals surface area (Å²) in [6, 6.07) is 10.5. The molecule has 0 fully saturated rings. The van der Waals surface area contributed by atoms with Gasteiger partial charge in [-0.2, -0.15) is 0 Å². The van der Waals surface area contributed by atoms with Gasteiger partial charge in [-0.25, -0.2) is 0 Å². The van der Waals surface area contributed by atoms with Gasteiger partial charge < -0.3 is 0 Å². The van der Waals surface area contributed by atoms with Crippen LogP contribution in [0.15, 0.2) is 54.6 Å². The largest absolute Gasteiger partial charge is 0.0991 e. The molecular weight excluding hydrogens is 382 g/mol. The van der Waals surface area contributed by atoms with Gasteiger partial charge in [0.25, 0.3) is 0 Å². The third-order valence-corrected chi connectivity index (χ3v) is 2.36. The zero-order valence-electron chi connectivity index (χ0n) is 11.4. The molecule has 0 aliphatic heterocycles. The van der Waals surface area contributed by atoms with E-state index in [0.717, 1.165) is 0 Å². The smallest absolute Gasteiger partial charge is 0.00201 e. The Hall–Kier alpha value is -0.664. The molecule has 1 unspecified atom stereocenters. The van der Waals surface area contributed by atoms with Crippen molar-refractivity contribution in [2.75, 3.05) is 0 Å². The Bertz CT molecular complexity index is 312.